The second-order valence-corrected chi connectivity index (χ2v) is 4.46. The number of rotatable bonds is 4. The molecule has 0 atom stereocenters. The Morgan fingerprint density at radius 3 is 2.56 bits per heavy atom. The third-order valence-corrected chi connectivity index (χ3v) is 3.18. The maximum atomic E-state index is 10.7. The lowest BCUT2D eigenvalue weighted by Gasteiger charge is -2.31. The van der Waals surface area contributed by atoms with Gasteiger partial charge in [0.15, 0.2) is 0 Å². The van der Waals surface area contributed by atoms with Crippen LogP contribution in [0.5, 0.6) is 0 Å². The summed E-state index contributed by atoms with van der Waals surface area (Å²) in [7, 11) is 1.72. The number of piperidine rings is 1. The number of hydrogen-bond acceptors (Lipinski definition) is 5. The molecule has 1 saturated heterocycles. The highest BCUT2D eigenvalue weighted by molar-refractivity contribution is 5.86. The first-order chi connectivity index (χ1) is 8.70. The molecule has 18 heavy (non-hydrogen) atoms. The predicted octanol–water partition coefficient (Wildman–Crippen LogP) is 1.04. The average molecular weight is 251 g/mol. The van der Waals surface area contributed by atoms with Gasteiger partial charge in [-0.15, -0.1) is 0 Å². The van der Waals surface area contributed by atoms with Crippen molar-refractivity contribution in [2.75, 3.05) is 31.7 Å². The minimum Gasteiger partial charge on any atom is -0.478 e. The highest BCUT2D eigenvalue weighted by Gasteiger charge is 2.20. The van der Waals surface area contributed by atoms with E-state index in [1.807, 2.05) is 0 Å². The molecule has 2 rings (SSSR count). The van der Waals surface area contributed by atoms with E-state index in [2.05, 4.69) is 14.9 Å². The third-order valence-electron chi connectivity index (χ3n) is 3.18. The first-order valence-corrected chi connectivity index (χ1v) is 6.00. The summed E-state index contributed by atoms with van der Waals surface area (Å²) in [6.45, 7) is 2.58. The first-order valence-electron chi connectivity index (χ1n) is 6.00. The smallest absolute Gasteiger partial charge is 0.338 e. The summed E-state index contributed by atoms with van der Waals surface area (Å²) in [5.74, 6) is 0.209. The second kappa shape index (κ2) is 5.77. The molecule has 1 aromatic rings. The Hall–Kier alpha value is -1.69. The molecule has 0 saturated carbocycles. The van der Waals surface area contributed by atoms with Crippen LogP contribution in [0.2, 0.25) is 0 Å². The monoisotopic (exact) mass is 251 g/mol. The SMILES string of the molecule is COCC1CCN(c2ncc(C(=O)O)cn2)CC1. The van der Waals surface area contributed by atoms with Gasteiger partial charge in [-0.2, -0.15) is 0 Å². The number of ether oxygens (including phenoxy) is 1. The number of aromatic nitrogens is 2. The summed E-state index contributed by atoms with van der Waals surface area (Å²) in [5, 5.41) is 8.77. The van der Waals surface area contributed by atoms with Crippen molar-refractivity contribution in [2.24, 2.45) is 5.92 Å². The highest BCUT2D eigenvalue weighted by Crippen LogP contribution is 2.20. The summed E-state index contributed by atoms with van der Waals surface area (Å²) >= 11 is 0. The van der Waals surface area contributed by atoms with Crippen LogP contribution >= 0.6 is 0 Å². The van der Waals surface area contributed by atoms with Crippen LogP contribution in [0.4, 0.5) is 5.95 Å². The summed E-state index contributed by atoms with van der Waals surface area (Å²) < 4.78 is 5.15. The van der Waals surface area contributed by atoms with Crippen LogP contribution in [0.15, 0.2) is 12.4 Å². The van der Waals surface area contributed by atoms with Gasteiger partial charge in [0.1, 0.15) is 0 Å². The van der Waals surface area contributed by atoms with Crippen molar-refractivity contribution in [1.29, 1.82) is 0 Å². The van der Waals surface area contributed by atoms with E-state index in [4.69, 9.17) is 9.84 Å². The molecule has 0 radical (unpaired) electrons. The Morgan fingerprint density at radius 1 is 1.44 bits per heavy atom. The van der Waals surface area contributed by atoms with Gasteiger partial charge in [0, 0.05) is 39.2 Å². The molecular formula is C12H17N3O3. The van der Waals surface area contributed by atoms with Gasteiger partial charge in [-0.1, -0.05) is 0 Å². The van der Waals surface area contributed by atoms with Crippen molar-refractivity contribution in [3.8, 4) is 0 Å². The van der Waals surface area contributed by atoms with Gasteiger partial charge in [-0.25, -0.2) is 14.8 Å². The Kier molecular flexibility index (Phi) is 4.09. The molecule has 0 spiro atoms. The zero-order chi connectivity index (χ0) is 13.0. The van der Waals surface area contributed by atoms with Crippen LogP contribution in [-0.4, -0.2) is 47.8 Å². The number of carbonyl (C=O) groups is 1. The van der Waals surface area contributed by atoms with Crippen LogP contribution in [-0.2, 0) is 4.74 Å². The number of aromatic carboxylic acids is 1. The Labute approximate surface area is 106 Å². The molecular weight excluding hydrogens is 234 g/mol. The minimum atomic E-state index is -1.000. The zero-order valence-corrected chi connectivity index (χ0v) is 10.4. The van der Waals surface area contributed by atoms with E-state index < -0.39 is 5.97 Å². The Bertz CT molecular complexity index is 400. The van der Waals surface area contributed by atoms with E-state index >= 15 is 0 Å². The highest BCUT2D eigenvalue weighted by atomic mass is 16.5. The molecule has 0 aliphatic carbocycles. The molecule has 0 unspecified atom stereocenters. The zero-order valence-electron chi connectivity index (χ0n) is 10.4. The van der Waals surface area contributed by atoms with Gasteiger partial charge in [0.2, 0.25) is 5.95 Å². The number of carboxylic acids is 1. The lowest BCUT2D eigenvalue weighted by molar-refractivity contribution is 0.0696. The van der Waals surface area contributed by atoms with E-state index in [-0.39, 0.29) is 5.56 Å². The minimum absolute atomic E-state index is 0.119. The van der Waals surface area contributed by atoms with Crippen molar-refractivity contribution in [3.05, 3.63) is 18.0 Å². The number of methoxy groups -OCH3 is 1. The van der Waals surface area contributed by atoms with E-state index in [0.717, 1.165) is 32.5 Å². The first kappa shape index (κ1) is 12.8. The number of hydrogen-bond donors (Lipinski definition) is 1. The van der Waals surface area contributed by atoms with Crippen LogP contribution in [0.3, 0.4) is 0 Å². The third kappa shape index (κ3) is 2.95. The molecule has 1 aromatic heterocycles. The van der Waals surface area contributed by atoms with E-state index in [0.29, 0.717) is 11.9 Å². The van der Waals surface area contributed by atoms with Gasteiger partial charge in [0.25, 0.3) is 0 Å². The molecule has 1 N–H and O–H groups in total. The number of nitrogens with zero attached hydrogens (tertiary/aromatic N) is 3. The normalized spacial score (nSPS) is 16.8. The molecule has 2 heterocycles. The summed E-state index contributed by atoms with van der Waals surface area (Å²) in [5.41, 5.74) is 0.119. The predicted molar refractivity (Wildman–Crippen MR) is 65.8 cm³/mol. The molecule has 1 aliphatic heterocycles. The van der Waals surface area contributed by atoms with Crippen molar-refractivity contribution in [3.63, 3.8) is 0 Å². The molecule has 1 fully saturated rings. The lowest BCUT2D eigenvalue weighted by Crippen LogP contribution is -2.36. The van der Waals surface area contributed by atoms with Gasteiger partial charge in [-0.05, 0) is 18.8 Å². The van der Waals surface area contributed by atoms with Crippen molar-refractivity contribution >= 4 is 11.9 Å². The van der Waals surface area contributed by atoms with Crippen molar-refractivity contribution < 1.29 is 14.6 Å². The Morgan fingerprint density at radius 2 is 2.06 bits per heavy atom. The fourth-order valence-corrected chi connectivity index (χ4v) is 2.13. The van der Waals surface area contributed by atoms with Gasteiger partial charge >= 0.3 is 5.97 Å². The van der Waals surface area contributed by atoms with Crippen molar-refractivity contribution in [2.45, 2.75) is 12.8 Å². The van der Waals surface area contributed by atoms with Crippen LogP contribution in [0.25, 0.3) is 0 Å². The second-order valence-electron chi connectivity index (χ2n) is 4.46. The van der Waals surface area contributed by atoms with Gasteiger partial charge in [-0.3, -0.25) is 0 Å². The van der Waals surface area contributed by atoms with Crippen LogP contribution < -0.4 is 4.90 Å². The molecule has 0 aromatic carbocycles. The standard InChI is InChI=1S/C12H17N3O3/c1-18-8-9-2-4-15(5-3-9)12-13-6-10(7-14-12)11(16)17/h6-7,9H,2-5,8H2,1H3,(H,16,17). The molecule has 6 nitrogen and oxygen atoms in total. The van der Waals surface area contributed by atoms with Gasteiger partial charge < -0.3 is 14.7 Å². The largest absolute Gasteiger partial charge is 0.478 e. The van der Waals surface area contributed by atoms with E-state index in [1.165, 1.54) is 12.4 Å². The van der Waals surface area contributed by atoms with Crippen molar-refractivity contribution in [1.82, 2.24) is 9.97 Å². The van der Waals surface area contributed by atoms with E-state index in [9.17, 15) is 4.79 Å². The maximum Gasteiger partial charge on any atom is 0.338 e. The molecule has 0 amide bonds. The molecule has 98 valence electrons. The topological polar surface area (TPSA) is 75.5 Å². The molecule has 0 bridgehead atoms. The summed E-state index contributed by atoms with van der Waals surface area (Å²) in [6, 6.07) is 0. The van der Waals surface area contributed by atoms with Crippen LogP contribution in [0, 0.1) is 5.92 Å². The maximum absolute atomic E-state index is 10.7. The fraction of sp³-hybridized carbons (Fsp3) is 0.583. The van der Waals surface area contributed by atoms with Gasteiger partial charge in [0.05, 0.1) is 5.56 Å². The average Bonchev–Trinajstić information content (AvgIpc) is 2.40. The lowest BCUT2D eigenvalue weighted by atomic mass is 9.98. The number of anilines is 1. The quantitative estimate of drug-likeness (QED) is 0.861. The molecule has 1 aliphatic rings. The Balaban J connectivity index is 1.95. The fourth-order valence-electron chi connectivity index (χ4n) is 2.13. The summed E-state index contributed by atoms with van der Waals surface area (Å²) in [4.78, 5) is 21.0. The summed E-state index contributed by atoms with van der Waals surface area (Å²) in [6.07, 6.45) is 4.81. The van der Waals surface area contributed by atoms with E-state index in [1.54, 1.807) is 7.11 Å². The molecule has 6 heteroatoms. The number of carboxylic acid groups (broad SMARTS) is 1. The van der Waals surface area contributed by atoms with Crippen LogP contribution in [0.1, 0.15) is 23.2 Å².